The summed E-state index contributed by atoms with van der Waals surface area (Å²) in [4.78, 5) is 9.43. The highest BCUT2D eigenvalue weighted by molar-refractivity contribution is 5.28. The Kier molecular flexibility index (Phi) is 4.60. The molecule has 0 aliphatic carbocycles. The van der Waals surface area contributed by atoms with Crippen LogP contribution < -0.4 is 0 Å². The van der Waals surface area contributed by atoms with Crippen LogP contribution in [0.15, 0.2) is 24.3 Å². The van der Waals surface area contributed by atoms with Gasteiger partial charge in [-0.25, -0.2) is 4.39 Å². The van der Waals surface area contributed by atoms with Gasteiger partial charge < -0.3 is 0 Å². The lowest BCUT2D eigenvalue weighted by molar-refractivity contribution is -0.384. The summed E-state index contributed by atoms with van der Waals surface area (Å²) in [6, 6.07) is 4.35. The van der Waals surface area contributed by atoms with Crippen molar-refractivity contribution in [1.29, 1.82) is 0 Å². The van der Waals surface area contributed by atoms with Crippen molar-refractivity contribution < 1.29 is 9.31 Å². The molecule has 12 heavy (non-hydrogen) atoms. The van der Waals surface area contributed by atoms with E-state index >= 15 is 0 Å². The summed E-state index contributed by atoms with van der Waals surface area (Å²) in [5, 5.41) is 10.00. The van der Waals surface area contributed by atoms with Gasteiger partial charge >= 0.3 is 0 Å². The van der Waals surface area contributed by atoms with E-state index in [1.54, 1.807) is 0 Å². The van der Waals surface area contributed by atoms with E-state index < -0.39 is 10.7 Å². The quantitative estimate of drug-likeness (QED) is 0.481. The summed E-state index contributed by atoms with van der Waals surface area (Å²) in [6.45, 7) is 4.00. The van der Waals surface area contributed by atoms with E-state index in [0.717, 1.165) is 24.3 Å². The second-order valence-electron chi connectivity index (χ2n) is 1.73. The molecule has 3 nitrogen and oxygen atoms in total. The average Bonchev–Trinajstić information content (AvgIpc) is 2.09. The summed E-state index contributed by atoms with van der Waals surface area (Å²) in [7, 11) is 0. The lowest BCUT2D eigenvalue weighted by Gasteiger charge is -1.87. The highest BCUT2D eigenvalue weighted by Gasteiger charge is 2.01. The summed E-state index contributed by atoms with van der Waals surface area (Å²) in [5.41, 5.74) is -0.0959. The molecule has 0 saturated carbocycles. The third-order valence-electron chi connectivity index (χ3n) is 1.04. The lowest BCUT2D eigenvalue weighted by atomic mass is 10.3. The van der Waals surface area contributed by atoms with E-state index in [9.17, 15) is 14.5 Å². The fourth-order valence-electron chi connectivity index (χ4n) is 0.563. The molecule has 0 unspecified atom stereocenters. The van der Waals surface area contributed by atoms with Gasteiger partial charge in [0.15, 0.2) is 0 Å². The number of nitro benzene ring substituents is 1. The van der Waals surface area contributed by atoms with Crippen molar-refractivity contribution in [3.05, 3.63) is 40.2 Å². The molecule has 0 amide bonds. The first-order chi connectivity index (χ1) is 5.70. The van der Waals surface area contributed by atoms with Crippen LogP contribution in [0.25, 0.3) is 0 Å². The van der Waals surface area contributed by atoms with Crippen molar-refractivity contribution in [1.82, 2.24) is 0 Å². The van der Waals surface area contributed by atoms with Gasteiger partial charge in [0.2, 0.25) is 0 Å². The molecule has 0 spiro atoms. The molecule has 1 aromatic rings. The van der Waals surface area contributed by atoms with Gasteiger partial charge in [-0.05, 0) is 12.1 Å². The van der Waals surface area contributed by atoms with Gasteiger partial charge in [-0.15, -0.1) is 0 Å². The number of nitro groups is 1. The average molecular weight is 171 g/mol. The van der Waals surface area contributed by atoms with Crippen LogP contribution in [0, 0.1) is 15.9 Å². The molecule has 66 valence electrons. The second-order valence-corrected chi connectivity index (χ2v) is 1.73. The zero-order valence-corrected chi connectivity index (χ0v) is 6.95. The third kappa shape index (κ3) is 3.09. The molecule has 4 heteroatoms. The standard InChI is InChI=1S/C6H4FNO2.C2H6/c7-5-1-3-6(4-2-5)8(9)10;1-2/h1-4H;1-2H3. The van der Waals surface area contributed by atoms with Crippen LogP contribution in [0.2, 0.25) is 0 Å². The van der Waals surface area contributed by atoms with Crippen molar-refractivity contribution in [2.45, 2.75) is 13.8 Å². The van der Waals surface area contributed by atoms with Crippen LogP contribution in [0.5, 0.6) is 0 Å². The molecule has 1 rings (SSSR count). The summed E-state index contributed by atoms with van der Waals surface area (Å²) in [6.07, 6.45) is 0. The predicted octanol–water partition coefficient (Wildman–Crippen LogP) is 2.76. The maximum absolute atomic E-state index is 12.1. The minimum absolute atomic E-state index is 0.0959. The first-order valence-corrected chi connectivity index (χ1v) is 3.60. The Balaban J connectivity index is 0.000000561. The Morgan fingerprint density at radius 3 is 2.00 bits per heavy atom. The first-order valence-electron chi connectivity index (χ1n) is 3.60. The van der Waals surface area contributed by atoms with E-state index in [-0.39, 0.29) is 5.69 Å². The number of non-ortho nitro benzene ring substituents is 1. The van der Waals surface area contributed by atoms with E-state index in [0.29, 0.717) is 0 Å². The maximum atomic E-state index is 12.1. The number of nitrogens with zero attached hydrogens (tertiary/aromatic N) is 1. The molecule has 0 radical (unpaired) electrons. The van der Waals surface area contributed by atoms with Gasteiger partial charge in [-0.3, -0.25) is 10.1 Å². The van der Waals surface area contributed by atoms with Gasteiger partial charge in [-0.1, -0.05) is 13.8 Å². The van der Waals surface area contributed by atoms with Crippen LogP contribution >= 0.6 is 0 Å². The van der Waals surface area contributed by atoms with Crippen LogP contribution in [0.1, 0.15) is 13.8 Å². The smallest absolute Gasteiger partial charge is 0.258 e. The zero-order valence-electron chi connectivity index (χ0n) is 6.95. The molecule has 0 N–H and O–H groups in total. The topological polar surface area (TPSA) is 43.1 Å². The third-order valence-corrected chi connectivity index (χ3v) is 1.04. The fraction of sp³-hybridized carbons (Fsp3) is 0.250. The van der Waals surface area contributed by atoms with Gasteiger partial charge in [0, 0.05) is 12.1 Å². The second kappa shape index (κ2) is 5.23. The molecule has 0 aliphatic heterocycles. The number of benzene rings is 1. The van der Waals surface area contributed by atoms with Crippen molar-refractivity contribution in [3.8, 4) is 0 Å². The Morgan fingerprint density at radius 1 is 1.25 bits per heavy atom. The molecule has 0 aliphatic rings. The monoisotopic (exact) mass is 171 g/mol. The van der Waals surface area contributed by atoms with E-state index in [2.05, 4.69) is 0 Å². The SMILES string of the molecule is CC.O=[N+]([O-])c1ccc(F)cc1. The largest absolute Gasteiger partial charge is 0.269 e. The van der Waals surface area contributed by atoms with Crippen LogP contribution in [0.4, 0.5) is 10.1 Å². The van der Waals surface area contributed by atoms with Crippen molar-refractivity contribution in [3.63, 3.8) is 0 Å². The van der Waals surface area contributed by atoms with Crippen LogP contribution in [-0.4, -0.2) is 4.92 Å². The van der Waals surface area contributed by atoms with Gasteiger partial charge in [-0.2, -0.15) is 0 Å². The molecule has 1 aromatic carbocycles. The number of hydrogen-bond acceptors (Lipinski definition) is 2. The minimum Gasteiger partial charge on any atom is -0.258 e. The molecule has 0 heterocycles. The minimum atomic E-state index is -0.570. The molecule has 0 bridgehead atoms. The maximum Gasteiger partial charge on any atom is 0.269 e. The highest BCUT2D eigenvalue weighted by Crippen LogP contribution is 2.09. The van der Waals surface area contributed by atoms with E-state index in [1.807, 2.05) is 13.8 Å². The van der Waals surface area contributed by atoms with Gasteiger partial charge in [0.25, 0.3) is 5.69 Å². The number of rotatable bonds is 1. The van der Waals surface area contributed by atoms with Crippen molar-refractivity contribution in [2.24, 2.45) is 0 Å². The molecule has 0 saturated heterocycles. The van der Waals surface area contributed by atoms with E-state index in [4.69, 9.17) is 0 Å². The highest BCUT2D eigenvalue weighted by atomic mass is 19.1. The van der Waals surface area contributed by atoms with E-state index in [1.165, 1.54) is 0 Å². The Bertz CT molecular complexity index is 246. The normalized spacial score (nSPS) is 8.25. The summed E-state index contributed by atoms with van der Waals surface area (Å²) >= 11 is 0. The summed E-state index contributed by atoms with van der Waals surface area (Å²) < 4.78 is 12.1. The summed E-state index contributed by atoms with van der Waals surface area (Å²) in [5.74, 6) is -0.467. The molecular formula is C8H10FNO2. The van der Waals surface area contributed by atoms with Crippen molar-refractivity contribution >= 4 is 5.69 Å². The van der Waals surface area contributed by atoms with Gasteiger partial charge in [0.1, 0.15) is 5.82 Å². The Morgan fingerprint density at radius 2 is 1.67 bits per heavy atom. The fourth-order valence-corrected chi connectivity index (χ4v) is 0.563. The first kappa shape index (κ1) is 10.6. The van der Waals surface area contributed by atoms with Crippen molar-refractivity contribution in [2.75, 3.05) is 0 Å². The predicted molar refractivity (Wildman–Crippen MR) is 44.4 cm³/mol. The molecule has 0 aromatic heterocycles. The Labute approximate surface area is 70.0 Å². The molecule has 0 atom stereocenters. The van der Waals surface area contributed by atoms with Gasteiger partial charge in [0.05, 0.1) is 4.92 Å². The number of hydrogen-bond donors (Lipinski definition) is 0. The Hall–Kier alpha value is -1.45. The number of halogens is 1. The molecular weight excluding hydrogens is 161 g/mol. The lowest BCUT2D eigenvalue weighted by Crippen LogP contribution is -1.86. The molecule has 0 fully saturated rings. The zero-order chi connectivity index (χ0) is 9.56. The van der Waals surface area contributed by atoms with Crippen LogP contribution in [0.3, 0.4) is 0 Å². The van der Waals surface area contributed by atoms with Crippen LogP contribution in [-0.2, 0) is 0 Å².